The van der Waals surface area contributed by atoms with E-state index in [0.29, 0.717) is 15.7 Å². The maximum atomic E-state index is 14.5. The number of benzene rings is 3. The second kappa shape index (κ2) is 11.2. The first-order valence-corrected chi connectivity index (χ1v) is 16.7. The van der Waals surface area contributed by atoms with Crippen LogP contribution in [-0.4, -0.2) is 45.6 Å². The average Bonchev–Trinajstić information content (AvgIpc) is 3.40. The highest BCUT2D eigenvalue weighted by atomic mass is 79.9. The van der Waals surface area contributed by atoms with Crippen LogP contribution in [0.1, 0.15) is 36.8 Å². The number of anilines is 2. The Morgan fingerprint density at radius 1 is 0.936 bits per heavy atom. The predicted molar refractivity (Wildman–Crippen MR) is 177 cm³/mol. The van der Waals surface area contributed by atoms with Crippen LogP contribution < -0.4 is 14.5 Å². The first-order valence-electron chi connectivity index (χ1n) is 15.1. The van der Waals surface area contributed by atoms with Gasteiger partial charge in [-0.2, -0.15) is 0 Å². The van der Waals surface area contributed by atoms with Gasteiger partial charge < -0.3 is 9.84 Å². The van der Waals surface area contributed by atoms with Gasteiger partial charge in [-0.1, -0.05) is 46.6 Å². The topological polar surface area (TPSA) is 104 Å². The minimum atomic E-state index is -2.19. The Bertz CT molecular complexity index is 1900. The van der Waals surface area contributed by atoms with E-state index < -0.39 is 57.0 Å². The number of allylic oxidation sites excluding steroid dienone is 2. The number of carbonyl (C=O) groups excluding carboxylic acids is 4. The summed E-state index contributed by atoms with van der Waals surface area (Å²) in [7, 11) is 1.37. The smallest absolute Gasteiger partial charge is 0.258 e. The molecule has 4 aliphatic rings. The first-order chi connectivity index (χ1) is 22.4. The molecule has 0 spiro atoms. The van der Waals surface area contributed by atoms with Crippen molar-refractivity contribution in [2.45, 2.75) is 41.9 Å². The van der Waals surface area contributed by atoms with Crippen LogP contribution in [0.3, 0.4) is 0 Å². The molecule has 2 aliphatic carbocycles. The summed E-state index contributed by atoms with van der Waals surface area (Å²) in [5.74, 6) is -7.00. The van der Waals surface area contributed by atoms with Crippen molar-refractivity contribution in [1.29, 1.82) is 0 Å². The van der Waals surface area contributed by atoms with Gasteiger partial charge in [0.2, 0.25) is 11.8 Å². The summed E-state index contributed by atoms with van der Waals surface area (Å²) in [6.07, 6.45) is 2.50. The van der Waals surface area contributed by atoms with Crippen molar-refractivity contribution < 1.29 is 33.4 Å². The lowest BCUT2D eigenvalue weighted by Crippen LogP contribution is -2.60. The maximum Gasteiger partial charge on any atom is 0.258 e. The highest BCUT2D eigenvalue weighted by molar-refractivity contribution is 9.10. The molecule has 12 heteroatoms. The first kappa shape index (κ1) is 31.8. The number of phenolic OH excluding ortho intramolecular Hbond substituents is 1. The lowest BCUT2D eigenvalue weighted by Gasteiger charge is -2.50. The van der Waals surface area contributed by atoms with Crippen LogP contribution in [0.25, 0.3) is 0 Å². The number of imide groups is 2. The molecular formula is C35H28BrCl2FN2O6. The van der Waals surface area contributed by atoms with Gasteiger partial charge in [0, 0.05) is 16.0 Å². The molecule has 0 aromatic heterocycles. The molecule has 2 aliphatic heterocycles. The van der Waals surface area contributed by atoms with E-state index >= 15 is 0 Å². The summed E-state index contributed by atoms with van der Waals surface area (Å²) in [5.41, 5.74) is 2.22. The van der Waals surface area contributed by atoms with E-state index in [-0.39, 0.29) is 41.5 Å². The average molecular weight is 742 g/mol. The van der Waals surface area contributed by atoms with Crippen molar-refractivity contribution in [2.24, 2.45) is 17.8 Å². The highest BCUT2D eigenvalue weighted by Crippen LogP contribution is 2.67. The van der Waals surface area contributed by atoms with Gasteiger partial charge in [0.1, 0.15) is 5.82 Å². The number of aromatic hydroxyl groups is 1. The zero-order chi connectivity index (χ0) is 33.6. The Morgan fingerprint density at radius 3 is 2.21 bits per heavy atom. The molecule has 0 radical (unpaired) electrons. The molecule has 47 heavy (non-hydrogen) atoms. The van der Waals surface area contributed by atoms with Crippen molar-refractivity contribution in [3.8, 4) is 11.5 Å². The molecule has 1 saturated carbocycles. The summed E-state index contributed by atoms with van der Waals surface area (Å²) >= 11 is 18.2. The fourth-order valence-corrected chi connectivity index (χ4v) is 9.23. The zero-order valence-corrected chi connectivity index (χ0v) is 28.3. The lowest BCUT2D eigenvalue weighted by molar-refractivity contribution is -0.125. The minimum absolute atomic E-state index is 0.0642. The van der Waals surface area contributed by atoms with Crippen LogP contribution in [0.2, 0.25) is 0 Å². The number of nitrogens with zero attached hydrogens (tertiary/aromatic N) is 2. The number of halogens is 4. The van der Waals surface area contributed by atoms with Crippen LogP contribution in [0.15, 0.2) is 76.8 Å². The van der Waals surface area contributed by atoms with Crippen LogP contribution in [0.4, 0.5) is 15.8 Å². The van der Waals surface area contributed by atoms with Crippen LogP contribution in [0.5, 0.6) is 11.5 Å². The Hall–Kier alpha value is -3.73. The summed E-state index contributed by atoms with van der Waals surface area (Å²) in [6, 6.07) is 15.1. The number of hydrogen-bond acceptors (Lipinski definition) is 6. The number of alkyl halides is 2. The molecule has 0 bridgehead atoms. The third-order valence-corrected chi connectivity index (χ3v) is 12.0. The lowest BCUT2D eigenvalue weighted by atomic mass is 9.56. The molecule has 8 nitrogen and oxygen atoms in total. The van der Waals surface area contributed by atoms with E-state index in [1.54, 1.807) is 24.3 Å². The Kier molecular flexibility index (Phi) is 7.57. The largest absolute Gasteiger partial charge is 0.504 e. The minimum Gasteiger partial charge on any atom is -0.504 e. The van der Waals surface area contributed by atoms with Crippen LogP contribution >= 0.6 is 39.1 Å². The molecule has 242 valence electrons. The van der Waals surface area contributed by atoms with Gasteiger partial charge in [-0.15, -0.1) is 23.2 Å². The molecule has 1 N–H and O–H groups in total. The molecule has 3 aromatic rings. The Balaban J connectivity index is 1.41. The van der Waals surface area contributed by atoms with E-state index in [1.165, 1.54) is 30.2 Å². The molecule has 2 heterocycles. The van der Waals surface area contributed by atoms with E-state index in [0.717, 1.165) is 29.0 Å². The number of aryl methyl sites for hydroxylation is 1. The van der Waals surface area contributed by atoms with Crippen LogP contribution in [0, 0.1) is 23.6 Å². The quantitative estimate of drug-likeness (QED) is 0.179. The normalized spacial score (nSPS) is 29.9. The second-order valence-corrected chi connectivity index (χ2v) is 14.5. The van der Waals surface area contributed by atoms with Gasteiger partial charge >= 0.3 is 0 Å². The molecule has 7 rings (SSSR count). The van der Waals surface area contributed by atoms with Crippen molar-refractivity contribution in [3.63, 3.8) is 0 Å². The highest BCUT2D eigenvalue weighted by Gasteiger charge is 2.77. The Morgan fingerprint density at radius 2 is 1.57 bits per heavy atom. The third kappa shape index (κ3) is 4.37. The Labute approximate surface area is 288 Å². The SMILES string of the molecule is CCc1ccc(N2C(=O)[C@H]3[C@H](CC=C4[C@H]3C[C@@]3(Cl)C(=O)N(c5ccc(F)cc5)C(=O)[C@@]3(Cl)[C@H]4c3cc(Br)cc(OC)c3O)C2=O)cc1. The summed E-state index contributed by atoms with van der Waals surface area (Å²) in [6.45, 7) is 2.01. The van der Waals surface area contributed by atoms with Gasteiger partial charge in [0.25, 0.3) is 11.8 Å². The summed E-state index contributed by atoms with van der Waals surface area (Å²) in [5, 5.41) is 11.5. The van der Waals surface area contributed by atoms with E-state index in [9.17, 15) is 28.7 Å². The van der Waals surface area contributed by atoms with E-state index in [1.807, 2.05) is 19.1 Å². The number of fused-ring (bicyclic) bond motifs is 4. The molecule has 6 atom stereocenters. The summed E-state index contributed by atoms with van der Waals surface area (Å²) in [4.78, 5) is 54.8. The molecule has 0 unspecified atom stereocenters. The fraction of sp³-hybridized carbons (Fsp3) is 0.314. The maximum absolute atomic E-state index is 14.5. The van der Waals surface area contributed by atoms with Crippen molar-refractivity contribution >= 4 is 74.1 Å². The number of ether oxygens (including phenoxy) is 1. The predicted octanol–water partition coefficient (Wildman–Crippen LogP) is 6.63. The third-order valence-electron chi connectivity index (χ3n) is 10.1. The van der Waals surface area contributed by atoms with Gasteiger partial charge in [-0.3, -0.25) is 24.1 Å². The van der Waals surface area contributed by atoms with Crippen LogP contribution in [-0.2, 0) is 25.6 Å². The second-order valence-electron chi connectivity index (χ2n) is 12.3. The van der Waals surface area contributed by atoms with Crippen molar-refractivity contribution in [3.05, 3.63) is 93.7 Å². The molecule has 3 aromatic carbocycles. The monoisotopic (exact) mass is 740 g/mol. The van der Waals surface area contributed by atoms with Gasteiger partial charge in [-0.05, 0) is 79.3 Å². The number of phenols is 1. The fourth-order valence-electron chi connectivity index (χ4n) is 7.85. The number of hydrogen-bond donors (Lipinski definition) is 1. The van der Waals surface area contributed by atoms with E-state index in [4.69, 9.17) is 27.9 Å². The number of amides is 4. The van der Waals surface area contributed by atoms with Gasteiger partial charge in [0.15, 0.2) is 21.2 Å². The van der Waals surface area contributed by atoms with Crippen molar-refractivity contribution in [1.82, 2.24) is 0 Å². The van der Waals surface area contributed by atoms with E-state index in [2.05, 4.69) is 15.9 Å². The summed E-state index contributed by atoms with van der Waals surface area (Å²) < 4.78 is 19.8. The molecule has 4 amide bonds. The molecular weight excluding hydrogens is 714 g/mol. The molecule has 2 saturated heterocycles. The van der Waals surface area contributed by atoms with Gasteiger partial charge in [0.05, 0.1) is 30.3 Å². The molecule has 3 fully saturated rings. The zero-order valence-electron chi connectivity index (χ0n) is 25.2. The van der Waals surface area contributed by atoms with Gasteiger partial charge in [-0.25, -0.2) is 9.29 Å². The standard InChI is InChI=1S/C35H28BrCl2FN2O6/c1-3-17-4-8-20(9-5-17)40-30(43)23-13-12-22-25(27(23)31(40)44)16-34(37)32(45)41(21-10-6-19(39)7-11-21)33(46)35(34,38)28(22)24-14-18(36)15-26(47-2)29(24)42/h4-12,14-15,23,25,27-28,42H,3,13,16H2,1-2H3/t23-,25+,27-,28+,34+,35-/m0/s1. The number of methoxy groups -OCH3 is 1. The number of rotatable bonds is 5. The van der Waals surface area contributed by atoms with Crippen molar-refractivity contribution in [2.75, 3.05) is 16.9 Å². The number of carbonyl (C=O) groups is 4.